The Kier molecular flexibility index (Phi) is 16.5. The van der Waals surface area contributed by atoms with E-state index in [9.17, 15) is 19.8 Å². The zero-order chi connectivity index (χ0) is 9.56. The summed E-state index contributed by atoms with van der Waals surface area (Å²) in [5, 5.41) is 20.2. The van der Waals surface area contributed by atoms with Gasteiger partial charge >= 0.3 is 59.1 Å². The van der Waals surface area contributed by atoms with Crippen molar-refractivity contribution < 1.29 is 83.7 Å². The van der Waals surface area contributed by atoms with E-state index in [0.29, 0.717) is 0 Å². The summed E-state index contributed by atoms with van der Waals surface area (Å²) >= 11 is 0. The van der Waals surface area contributed by atoms with Crippen LogP contribution in [0.5, 0.6) is 0 Å². The largest absolute Gasteiger partial charge is 1.00 e. The van der Waals surface area contributed by atoms with Gasteiger partial charge in [-0.25, -0.2) is 0 Å². The van der Waals surface area contributed by atoms with Crippen molar-refractivity contribution in [1.29, 1.82) is 0 Å². The van der Waals surface area contributed by atoms with Crippen LogP contribution in [0.4, 0.5) is 0 Å². The Morgan fingerprint density at radius 3 is 2.00 bits per heavy atom. The van der Waals surface area contributed by atoms with Crippen LogP contribution < -0.4 is 69.3 Å². The summed E-state index contributed by atoms with van der Waals surface area (Å²) < 4.78 is 4.55. The minimum absolute atomic E-state index is 0. The maximum atomic E-state index is 10.1. The molecule has 0 saturated carbocycles. The van der Waals surface area contributed by atoms with Crippen molar-refractivity contribution in [1.82, 2.24) is 0 Å². The van der Waals surface area contributed by atoms with Gasteiger partial charge in [-0.1, -0.05) is 6.58 Å². The van der Waals surface area contributed by atoms with E-state index in [2.05, 4.69) is 11.3 Å². The van der Waals surface area contributed by atoms with Gasteiger partial charge in [0.25, 0.3) is 0 Å². The number of rotatable bonds is 6. The normalized spacial score (nSPS) is 8.07. The van der Waals surface area contributed by atoms with E-state index < -0.39 is 17.9 Å². The molecule has 0 saturated heterocycles. The summed E-state index contributed by atoms with van der Waals surface area (Å²) in [6.07, 6.45) is 0.915. The Balaban J connectivity index is -0.000000605. The van der Waals surface area contributed by atoms with E-state index in [-0.39, 0.29) is 72.1 Å². The molecule has 68 valence electrons. The molecule has 7 heteroatoms. The van der Waals surface area contributed by atoms with Crippen molar-refractivity contribution >= 4 is 11.9 Å². The van der Waals surface area contributed by atoms with Crippen LogP contribution in [0.25, 0.3) is 0 Å². The molecule has 0 aliphatic rings. The molecule has 0 spiro atoms. The molecule has 14 heavy (non-hydrogen) atoms. The molecule has 0 fully saturated rings. The predicted molar refractivity (Wildman–Crippen MR) is 34.3 cm³/mol. The second-order valence-electron chi connectivity index (χ2n) is 2.02. The Morgan fingerprint density at radius 2 is 1.71 bits per heavy atom. The van der Waals surface area contributed by atoms with Crippen molar-refractivity contribution in [2.24, 2.45) is 5.92 Å². The zero-order valence-corrected chi connectivity index (χ0v) is 12.3. The fourth-order valence-corrected chi connectivity index (χ4v) is 0.601. The van der Waals surface area contributed by atoms with Crippen LogP contribution in [0, 0.1) is 5.92 Å². The number of hydrogen-bond donors (Lipinski definition) is 0. The molecule has 0 N–H and O–H groups in total. The molecular formula is C7H8Na2O5. The first-order valence-corrected chi connectivity index (χ1v) is 3.23. The van der Waals surface area contributed by atoms with Crippen LogP contribution in [-0.2, 0) is 14.3 Å². The molecule has 0 amide bonds. The van der Waals surface area contributed by atoms with Crippen LogP contribution >= 0.6 is 0 Å². The first-order valence-electron chi connectivity index (χ1n) is 3.23. The summed E-state index contributed by atoms with van der Waals surface area (Å²) in [7, 11) is 0. The van der Waals surface area contributed by atoms with Gasteiger partial charge in [0.15, 0.2) is 0 Å². The molecule has 0 rings (SSSR count). The number of aliphatic carboxylic acids is 2. The summed E-state index contributed by atoms with van der Waals surface area (Å²) in [6.45, 7) is 3.17. The third-order valence-electron chi connectivity index (χ3n) is 1.21. The minimum atomic E-state index is -1.66. The second kappa shape index (κ2) is 11.6. The first kappa shape index (κ1) is 20.0. The summed E-state index contributed by atoms with van der Waals surface area (Å²) in [5.74, 6) is -4.95. The van der Waals surface area contributed by atoms with E-state index in [1.54, 1.807) is 0 Å². The van der Waals surface area contributed by atoms with Crippen LogP contribution in [0.3, 0.4) is 0 Å². The molecule has 0 aromatic heterocycles. The molecule has 0 aromatic rings. The first-order chi connectivity index (χ1) is 5.59. The third-order valence-corrected chi connectivity index (χ3v) is 1.21. The SMILES string of the molecule is C=COCCC(C(=O)[O-])C(=O)[O-].[Na+].[Na+]. The van der Waals surface area contributed by atoms with Crippen molar-refractivity contribution in [3.05, 3.63) is 12.8 Å². The maximum Gasteiger partial charge on any atom is 1.00 e. The van der Waals surface area contributed by atoms with Crippen LogP contribution in [-0.4, -0.2) is 18.5 Å². The standard InChI is InChI=1S/C7H10O5.2Na/c1-2-12-4-3-5(6(8)9)7(10)11;;/h2,5H,1,3-4H2,(H,8,9)(H,10,11);;/q;2*+1/p-2. The number of ether oxygens (including phenoxy) is 1. The fraction of sp³-hybridized carbons (Fsp3) is 0.429. The van der Waals surface area contributed by atoms with Crippen molar-refractivity contribution in [2.45, 2.75) is 6.42 Å². The van der Waals surface area contributed by atoms with E-state index in [1.165, 1.54) is 0 Å². The number of hydrogen-bond acceptors (Lipinski definition) is 5. The Bertz CT molecular complexity index is 181. The van der Waals surface area contributed by atoms with Gasteiger partial charge in [-0.2, -0.15) is 0 Å². The Hall–Kier alpha value is 0.480. The molecule has 0 atom stereocenters. The van der Waals surface area contributed by atoms with E-state index in [0.717, 1.165) is 6.26 Å². The van der Waals surface area contributed by atoms with Gasteiger partial charge < -0.3 is 24.5 Å². The third kappa shape index (κ3) is 9.05. The minimum Gasteiger partial charge on any atom is -0.549 e. The van der Waals surface area contributed by atoms with E-state index >= 15 is 0 Å². The molecule has 0 aliphatic carbocycles. The van der Waals surface area contributed by atoms with E-state index in [1.807, 2.05) is 0 Å². The average Bonchev–Trinajstić information content (AvgIpc) is 1.96. The van der Waals surface area contributed by atoms with Crippen molar-refractivity contribution in [3.8, 4) is 0 Å². The van der Waals surface area contributed by atoms with Crippen LogP contribution in [0.1, 0.15) is 6.42 Å². The molecule has 0 bridgehead atoms. The van der Waals surface area contributed by atoms with Gasteiger partial charge in [-0.15, -0.1) is 0 Å². The fourth-order valence-electron chi connectivity index (χ4n) is 0.601. The van der Waals surface area contributed by atoms with Crippen molar-refractivity contribution in [3.63, 3.8) is 0 Å². The Labute approximate surface area is 126 Å². The van der Waals surface area contributed by atoms with Crippen LogP contribution in [0.15, 0.2) is 12.8 Å². The number of carbonyl (C=O) groups is 2. The van der Waals surface area contributed by atoms with Gasteiger partial charge in [0.2, 0.25) is 0 Å². The van der Waals surface area contributed by atoms with Gasteiger partial charge in [-0.05, 0) is 6.42 Å². The second-order valence-corrected chi connectivity index (χ2v) is 2.02. The smallest absolute Gasteiger partial charge is 0.549 e. The molecule has 0 heterocycles. The van der Waals surface area contributed by atoms with Gasteiger partial charge in [0.05, 0.1) is 24.8 Å². The zero-order valence-electron chi connectivity index (χ0n) is 8.32. The average molecular weight is 218 g/mol. The van der Waals surface area contributed by atoms with Gasteiger partial charge in [0, 0.05) is 5.92 Å². The van der Waals surface area contributed by atoms with Crippen LogP contribution in [0.2, 0.25) is 0 Å². The summed E-state index contributed by atoms with van der Waals surface area (Å²) in [5.41, 5.74) is 0. The molecular weight excluding hydrogens is 210 g/mol. The quantitative estimate of drug-likeness (QED) is 0.191. The Morgan fingerprint density at radius 1 is 1.29 bits per heavy atom. The molecule has 0 aromatic carbocycles. The molecule has 0 radical (unpaired) electrons. The van der Waals surface area contributed by atoms with E-state index in [4.69, 9.17) is 0 Å². The molecule has 0 aliphatic heterocycles. The molecule has 5 nitrogen and oxygen atoms in total. The molecule has 0 unspecified atom stereocenters. The summed E-state index contributed by atoms with van der Waals surface area (Å²) in [6, 6.07) is 0. The van der Waals surface area contributed by atoms with Crippen molar-refractivity contribution in [2.75, 3.05) is 6.61 Å². The maximum absolute atomic E-state index is 10.1. The number of carbonyl (C=O) groups excluding carboxylic acids is 2. The predicted octanol–water partition coefficient (Wildman–Crippen LogP) is -8.34. The number of carboxylic acid groups (broad SMARTS) is 2. The topological polar surface area (TPSA) is 89.5 Å². The summed E-state index contributed by atoms with van der Waals surface area (Å²) in [4.78, 5) is 20.2. The van der Waals surface area contributed by atoms with Gasteiger partial charge in [-0.3, -0.25) is 0 Å². The monoisotopic (exact) mass is 218 g/mol. The van der Waals surface area contributed by atoms with Gasteiger partial charge in [0.1, 0.15) is 0 Å². The number of carboxylic acids is 2.